The van der Waals surface area contributed by atoms with Crippen molar-refractivity contribution in [2.75, 3.05) is 12.4 Å². The van der Waals surface area contributed by atoms with Gasteiger partial charge in [-0.1, -0.05) is 0 Å². The maximum Gasteiger partial charge on any atom is 0.338 e. The third kappa shape index (κ3) is 2.88. The van der Waals surface area contributed by atoms with E-state index in [1.165, 1.54) is 7.11 Å². The summed E-state index contributed by atoms with van der Waals surface area (Å²) in [4.78, 5) is 15.5. The molecule has 0 amide bonds. The van der Waals surface area contributed by atoms with Crippen molar-refractivity contribution in [1.82, 2.24) is 4.98 Å². The van der Waals surface area contributed by atoms with E-state index >= 15 is 0 Å². The molecule has 2 aromatic rings. The van der Waals surface area contributed by atoms with Crippen molar-refractivity contribution in [1.29, 1.82) is 0 Å². The molecule has 0 radical (unpaired) electrons. The van der Waals surface area contributed by atoms with E-state index in [-0.39, 0.29) is 5.97 Å². The molecule has 0 spiro atoms. The van der Waals surface area contributed by atoms with Gasteiger partial charge in [0.2, 0.25) is 0 Å². The van der Waals surface area contributed by atoms with Crippen LogP contribution in [0.2, 0.25) is 0 Å². The molecule has 94 valence electrons. The second-order valence-electron chi connectivity index (χ2n) is 3.79. The van der Waals surface area contributed by atoms with Gasteiger partial charge in [0.25, 0.3) is 0 Å². The summed E-state index contributed by atoms with van der Waals surface area (Å²) in [5, 5.41) is 3.08. The Kier molecular flexibility index (Phi) is 3.62. The van der Waals surface area contributed by atoms with Crippen LogP contribution in [0.4, 0.5) is 5.82 Å². The van der Waals surface area contributed by atoms with Gasteiger partial charge in [-0.25, -0.2) is 9.78 Å². The molecule has 0 aliphatic rings. The molecule has 2 rings (SSSR count). The number of hydrogen-bond acceptors (Lipinski definition) is 5. The monoisotopic (exact) mass is 246 g/mol. The van der Waals surface area contributed by atoms with Crippen LogP contribution >= 0.6 is 0 Å². The van der Waals surface area contributed by atoms with E-state index in [2.05, 4.69) is 15.0 Å². The molecule has 1 N–H and O–H groups in total. The van der Waals surface area contributed by atoms with Crippen LogP contribution in [0, 0.1) is 6.92 Å². The Bertz CT molecular complexity index is 549. The zero-order valence-corrected chi connectivity index (χ0v) is 10.3. The molecular formula is C13H14N2O3. The predicted molar refractivity (Wildman–Crippen MR) is 66.3 cm³/mol. The first kappa shape index (κ1) is 12.2. The van der Waals surface area contributed by atoms with Crippen LogP contribution in [-0.2, 0) is 11.3 Å². The van der Waals surface area contributed by atoms with Gasteiger partial charge >= 0.3 is 5.97 Å². The van der Waals surface area contributed by atoms with Crippen LogP contribution < -0.4 is 5.32 Å². The van der Waals surface area contributed by atoms with Gasteiger partial charge in [-0.2, -0.15) is 0 Å². The lowest BCUT2D eigenvalue weighted by Gasteiger charge is -2.05. The molecule has 18 heavy (non-hydrogen) atoms. The Labute approximate surface area is 105 Å². The Morgan fingerprint density at radius 1 is 1.44 bits per heavy atom. The van der Waals surface area contributed by atoms with Gasteiger partial charge in [0, 0.05) is 6.20 Å². The standard InChI is InChI=1S/C13H14N2O3/c1-9-3-4-11(18-9)8-15-12-7-10(5-6-14-12)13(16)17-2/h3-7H,8H2,1-2H3,(H,14,15). The molecule has 0 fully saturated rings. The lowest BCUT2D eigenvalue weighted by atomic mass is 10.2. The maximum absolute atomic E-state index is 11.3. The number of hydrogen-bond donors (Lipinski definition) is 1. The second-order valence-corrected chi connectivity index (χ2v) is 3.79. The van der Waals surface area contributed by atoms with Gasteiger partial charge in [0.05, 0.1) is 19.2 Å². The van der Waals surface area contributed by atoms with Crippen LogP contribution in [0.1, 0.15) is 21.9 Å². The number of carbonyl (C=O) groups is 1. The zero-order valence-electron chi connectivity index (χ0n) is 10.3. The van der Waals surface area contributed by atoms with Crippen molar-refractivity contribution >= 4 is 11.8 Å². The fourth-order valence-electron chi connectivity index (χ4n) is 1.53. The Hall–Kier alpha value is -2.30. The number of aryl methyl sites for hydroxylation is 1. The minimum absolute atomic E-state index is 0.380. The maximum atomic E-state index is 11.3. The Morgan fingerprint density at radius 2 is 2.28 bits per heavy atom. The summed E-state index contributed by atoms with van der Waals surface area (Å²) in [6.07, 6.45) is 1.56. The van der Waals surface area contributed by atoms with Gasteiger partial charge in [-0.15, -0.1) is 0 Å². The first-order valence-electron chi connectivity index (χ1n) is 5.52. The van der Waals surface area contributed by atoms with Crippen molar-refractivity contribution in [3.63, 3.8) is 0 Å². The van der Waals surface area contributed by atoms with Gasteiger partial charge in [-0.05, 0) is 31.2 Å². The molecule has 2 heterocycles. The minimum atomic E-state index is -0.380. The van der Waals surface area contributed by atoms with E-state index in [9.17, 15) is 4.79 Å². The first-order valence-corrected chi connectivity index (χ1v) is 5.52. The number of furan rings is 1. The fourth-order valence-corrected chi connectivity index (χ4v) is 1.53. The second kappa shape index (κ2) is 5.35. The van der Waals surface area contributed by atoms with E-state index in [1.54, 1.807) is 18.3 Å². The Morgan fingerprint density at radius 3 is 2.94 bits per heavy atom. The fraction of sp³-hybridized carbons (Fsp3) is 0.231. The molecule has 2 aromatic heterocycles. The highest BCUT2D eigenvalue weighted by Gasteiger charge is 2.06. The topological polar surface area (TPSA) is 64.4 Å². The number of nitrogens with zero attached hydrogens (tertiary/aromatic N) is 1. The summed E-state index contributed by atoms with van der Waals surface area (Å²) in [7, 11) is 1.35. The van der Waals surface area contributed by atoms with E-state index < -0.39 is 0 Å². The van der Waals surface area contributed by atoms with E-state index in [1.807, 2.05) is 19.1 Å². The largest absolute Gasteiger partial charge is 0.465 e. The Balaban J connectivity index is 2.03. The summed E-state index contributed by atoms with van der Waals surface area (Å²) >= 11 is 0. The number of esters is 1. The average Bonchev–Trinajstić information content (AvgIpc) is 2.81. The number of pyridine rings is 1. The van der Waals surface area contributed by atoms with Crippen LogP contribution in [-0.4, -0.2) is 18.1 Å². The van der Waals surface area contributed by atoms with Crippen LogP contribution in [0.5, 0.6) is 0 Å². The third-order valence-corrected chi connectivity index (χ3v) is 2.42. The molecule has 0 aliphatic heterocycles. The highest BCUT2D eigenvalue weighted by Crippen LogP contribution is 2.11. The summed E-state index contributed by atoms with van der Waals surface area (Å²) in [5.41, 5.74) is 0.464. The molecule has 5 heteroatoms. The average molecular weight is 246 g/mol. The molecule has 5 nitrogen and oxygen atoms in total. The quantitative estimate of drug-likeness (QED) is 0.839. The SMILES string of the molecule is COC(=O)c1ccnc(NCc2ccc(C)o2)c1. The summed E-state index contributed by atoms with van der Waals surface area (Å²) in [5.74, 6) is 1.90. The smallest absolute Gasteiger partial charge is 0.338 e. The van der Waals surface area contributed by atoms with Crippen molar-refractivity contribution in [2.24, 2.45) is 0 Å². The lowest BCUT2D eigenvalue weighted by Crippen LogP contribution is -2.05. The minimum Gasteiger partial charge on any atom is -0.465 e. The van der Waals surface area contributed by atoms with Crippen molar-refractivity contribution < 1.29 is 13.9 Å². The van der Waals surface area contributed by atoms with Crippen LogP contribution in [0.3, 0.4) is 0 Å². The number of anilines is 1. The summed E-state index contributed by atoms with van der Waals surface area (Å²) in [6.45, 7) is 2.41. The summed E-state index contributed by atoms with van der Waals surface area (Å²) < 4.78 is 10.1. The van der Waals surface area contributed by atoms with Crippen molar-refractivity contribution in [3.8, 4) is 0 Å². The van der Waals surface area contributed by atoms with Gasteiger partial charge in [0.1, 0.15) is 17.3 Å². The molecule has 0 saturated heterocycles. The van der Waals surface area contributed by atoms with E-state index in [4.69, 9.17) is 4.42 Å². The zero-order chi connectivity index (χ0) is 13.0. The first-order chi connectivity index (χ1) is 8.69. The number of rotatable bonds is 4. The van der Waals surface area contributed by atoms with E-state index in [0.717, 1.165) is 11.5 Å². The van der Waals surface area contributed by atoms with Crippen LogP contribution in [0.15, 0.2) is 34.9 Å². The molecule has 0 aliphatic carbocycles. The van der Waals surface area contributed by atoms with Crippen molar-refractivity contribution in [3.05, 3.63) is 47.5 Å². The third-order valence-electron chi connectivity index (χ3n) is 2.42. The molecule has 0 aromatic carbocycles. The number of aromatic nitrogens is 1. The number of nitrogens with one attached hydrogen (secondary N) is 1. The molecule has 0 saturated carbocycles. The predicted octanol–water partition coefficient (Wildman–Crippen LogP) is 2.38. The van der Waals surface area contributed by atoms with Gasteiger partial charge in [-0.3, -0.25) is 0 Å². The van der Waals surface area contributed by atoms with Gasteiger partial charge < -0.3 is 14.5 Å². The molecule has 0 unspecified atom stereocenters. The molecular weight excluding hydrogens is 232 g/mol. The van der Waals surface area contributed by atoms with Crippen molar-refractivity contribution in [2.45, 2.75) is 13.5 Å². The molecule has 0 bridgehead atoms. The van der Waals surface area contributed by atoms with Crippen LogP contribution in [0.25, 0.3) is 0 Å². The highest BCUT2D eigenvalue weighted by atomic mass is 16.5. The molecule has 0 atom stereocenters. The number of methoxy groups -OCH3 is 1. The normalized spacial score (nSPS) is 10.1. The highest BCUT2D eigenvalue weighted by molar-refractivity contribution is 5.89. The number of ether oxygens (including phenoxy) is 1. The van der Waals surface area contributed by atoms with E-state index in [0.29, 0.717) is 17.9 Å². The van der Waals surface area contributed by atoms with Gasteiger partial charge in [0.15, 0.2) is 0 Å². The summed E-state index contributed by atoms with van der Waals surface area (Å²) in [6, 6.07) is 7.04. The number of carbonyl (C=O) groups excluding carboxylic acids is 1. The lowest BCUT2D eigenvalue weighted by molar-refractivity contribution is 0.0600.